The second kappa shape index (κ2) is 9.68. The largest absolute Gasteiger partial charge is 0.333 e. The van der Waals surface area contributed by atoms with Crippen molar-refractivity contribution in [2.24, 2.45) is 0 Å². The molecule has 5 rings (SSSR count). The van der Waals surface area contributed by atoms with Gasteiger partial charge in [-0.25, -0.2) is 4.98 Å². The molecule has 2 fully saturated rings. The predicted octanol–water partition coefficient (Wildman–Crippen LogP) is 4.82. The fourth-order valence-corrected chi connectivity index (χ4v) is 5.83. The monoisotopic (exact) mass is 470 g/mol. The molecule has 0 N–H and O–H groups in total. The summed E-state index contributed by atoms with van der Waals surface area (Å²) in [5.41, 5.74) is 2.56. The molecule has 2 amide bonds. The van der Waals surface area contributed by atoms with Gasteiger partial charge in [-0.15, -0.1) is 0 Å². The van der Waals surface area contributed by atoms with E-state index in [1.807, 2.05) is 54.4 Å². The summed E-state index contributed by atoms with van der Waals surface area (Å²) >= 11 is 0. The van der Waals surface area contributed by atoms with E-state index in [1.54, 1.807) is 6.20 Å². The molecule has 2 atom stereocenters. The zero-order valence-corrected chi connectivity index (χ0v) is 20.7. The molecule has 0 unspecified atom stereocenters. The third kappa shape index (κ3) is 4.62. The molecular formula is C29H34N4O2. The first-order chi connectivity index (χ1) is 17.0. The fourth-order valence-electron chi connectivity index (χ4n) is 5.83. The Hall–Kier alpha value is -3.41. The van der Waals surface area contributed by atoms with E-state index in [4.69, 9.17) is 0 Å². The normalized spacial score (nSPS) is 22.6. The smallest absolute Gasteiger partial charge is 0.254 e. The Morgan fingerprint density at radius 1 is 1.06 bits per heavy atom. The summed E-state index contributed by atoms with van der Waals surface area (Å²) in [6.45, 7) is 6.12. The highest BCUT2D eigenvalue weighted by Crippen LogP contribution is 2.40. The Morgan fingerprint density at radius 2 is 1.86 bits per heavy atom. The van der Waals surface area contributed by atoms with Crippen LogP contribution in [0.15, 0.2) is 67.0 Å². The van der Waals surface area contributed by atoms with Crippen LogP contribution in [0, 0.1) is 6.92 Å². The van der Waals surface area contributed by atoms with E-state index in [-0.39, 0.29) is 23.4 Å². The molecule has 6 nitrogen and oxygen atoms in total. The van der Waals surface area contributed by atoms with Gasteiger partial charge in [0.25, 0.3) is 5.91 Å². The van der Waals surface area contributed by atoms with Crippen LogP contribution in [0.3, 0.4) is 0 Å². The van der Waals surface area contributed by atoms with E-state index < -0.39 is 0 Å². The summed E-state index contributed by atoms with van der Waals surface area (Å²) in [6, 6.07) is 18.2. The molecule has 0 aliphatic carbocycles. The van der Waals surface area contributed by atoms with Gasteiger partial charge in [-0.2, -0.15) is 0 Å². The number of hydrogen-bond acceptors (Lipinski definition) is 3. The van der Waals surface area contributed by atoms with Crippen molar-refractivity contribution in [3.8, 4) is 0 Å². The van der Waals surface area contributed by atoms with Crippen LogP contribution in [0.2, 0.25) is 0 Å². The number of nitrogens with zero attached hydrogens (tertiary/aromatic N) is 4. The van der Waals surface area contributed by atoms with E-state index in [0.717, 1.165) is 42.6 Å². The minimum absolute atomic E-state index is 0.0162. The van der Waals surface area contributed by atoms with Crippen molar-refractivity contribution in [1.29, 1.82) is 0 Å². The molecule has 0 saturated carbocycles. The van der Waals surface area contributed by atoms with Gasteiger partial charge in [-0.1, -0.05) is 48.9 Å². The molecule has 2 aromatic carbocycles. The summed E-state index contributed by atoms with van der Waals surface area (Å²) in [5, 5.41) is 0. The lowest BCUT2D eigenvalue weighted by molar-refractivity contribution is -0.140. The zero-order valence-electron chi connectivity index (χ0n) is 20.7. The van der Waals surface area contributed by atoms with E-state index in [0.29, 0.717) is 31.6 Å². The lowest BCUT2D eigenvalue weighted by Gasteiger charge is -2.45. The number of benzene rings is 2. The maximum Gasteiger partial charge on any atom is 0.254 e. The van der Waals surface area contributed by atoms with Gasteiger partial charge in [-0.3, -0.25) is 9.59 Å². The Bertz CT molecular complexity index is 1200. The lowest BCUT2D eigenvalue weighted by Crippen LogP contribution is -2.58. The predicted molar refractivity (Wildman–Crippen MR) is 136 cm³/mol. The quantitative estimate of drug-likeness (QED) is 0.537. The van der Waals surface area contributed by atoms with Gasteiger partial charge in [0, 0.05) is 44.0 Å². The van der Waals surface area contributed by atoms with Crippen LogP contribution < -0.4 is 0 Å². The Balaban J connectivity index is 1.40. The summed E-state index contributed by atoms with van der Waals surface area (Å²) in [7, 11) is 0. The average molecular weight is 471 g/mol. The molecule has 182 valence electrons. The first-order valence-electron chi connectivity index (χ1n) is 12.7. The van der Waals surface area contributed by atoms with Crippen molar-refractivity contribution in [3.05, 3.63) is 89.5 Å². The molecule has 2 aliphatic rings. The molecule has 1 aromatic heterocycles. The second-order valence-corrected chi connectivity index (χ2v) is 10.1. The number of aryl methyl sites for hydroxylation is 1. The highest BCUT2D eigenvalue weighted by Gasteiger charge is 2.51. The molecule has 3 aromatic rings. The van der Waals surface area contributed by atoms with Gasteiger partial charge in [-0.05, 0) is 56.4 Å². The second-order valence-electron chi connectivity index (χ2n) is 10.1. The number of imidazole rings is 1. The number of aromatic nitrogens is 2. The molecule has 0 radical (unpaired) electrons. The zero-order chi connectivity index (χ0) is 24.4. The van der Waals surface area contributed by atoms with Crippen LogP contribution in [0.1, 0.15) is 66.3 Å². The third-order valence-electron chi connectivity index (χ3n) is 7.88. The van der Waals surface area contributed by atoms with Crippen LogP contribution in [0.25, 0.3) is 0 Å². The van der Waals surface area contributed by atoms with E-state index >= 15 is 0 Å². The van der Waals surface area contributed by atoms with E-state index in [1.165, 1.54) is 0 Å². The maximum atomic E-state index is 13.8. The summed E-state index contributed by atoms with van der Waals surface area (Å²) < 4.78 is 2.08. The molecule has 2 saturated heterocycles. The Labute approximate surface area is 207 Å². The number of amides is 2. The minimum Gasteiger partial charge on any atom is -0.333 e. The van der Waals surface area contributed by atoms with Crippen LogP contribution in [0.4, 0.5) is 0 Å². The number of rotatable bonds is 5. The number of hydrogen-bond donors (Lipinski definition) is 0. The Kier molecular flexibility index (Phi) is 6.46. The maximum absolute atomic E-state index is 13.8. The average Bonchev–Trinajstić information content (AvgIpc) is 3.42. The van der Waals surface area contributed by atoms with Gasteiger partial charge in [0.2, 0.25) is 5.91 Å². The van der Waals surface area contributed by atoms with Gasteiger partial charge < -0.3 is 14.4 Å². The summed E-state index contributed by atoms with van der Waals surface area (Å²) in [6.07, 6.45) is 7.91. The molecule has 3 heterocycles. The molecule has 6 heteroatoms. The van der Waals surface area contributed by atoms with E-state index in [9.17, 15) is 9.59 Å². The first kappa shape index (κ1) is 23.3. The van der Waals surface area contributed by atoms with Crippen molar-refractivity contribution in [1.82, 2.24) is 19.4 Å². The van der Waals surface area contributed by atoms with Crippen molar-refractivity contribution in [2.75, 3.05) is 6.54 Å². The van der Waals surface area contributed by atoms with Gasteiger partial charge in [0.1, 0.15) is 5.82 Å². The van der Waals surface area contributed by atoms with Crippen molar-refractivity contribution in [3.63, 3.8) is 0 Å². The topological polar surface area (TPSA) is 58.4 Å². The highest BCUT2D eigenvalue weighted by atomic mass is 16.2. The van der Waals surface area contributed by atoms with Gasteiger partial charge >= 0.3 is 0 Å². The van der Waals surface area contributed by atoms with Crippen LogP contribution in [-0.2, 0) is 17.9 Å². The number of fused-ring (bicyclic) bond motifs is 1. The number of likely N-dealkylation sites (tertiary alicyclic amines) is 2. The highest BCUT2D eigenvalue weighted by molar-refractivity contribution is 5.95. The van der Waals surface area contributed by atoms with Gasteiger partial charge in [0.05, 0.1) is 11.6 Å². The van der Waals surface area contributed by atoms with Gasteiger partial charge in [0.15, 0.2) is 0 Å². The standard InChI is InChI=1S/C29H34N4O2/c1-22-30-16-18-31(22)20-24-11-8-12-25(19-24)28(35)32-17-15-29(2)26(32)13-6-7-14-27(34)33(29)21-23-9-4-3-5-10-23/h3-5,8-12,16,18-19,26H,6-7,13-15,17,20-21H2,1-2H3/t26-,29-/m0/s1. The molecule has 2 aliphatic heterocycles. The lowest BCUT2D eigenvalue weighted by atomic mass is 9.84. The van der Waals surface area contributed by atoms with E-state index in [2.05, 4.69) is 39.6 Å². The summed E-state index contributed by atoms with van der Waals surface area (Å²) in [5.74, 6) is 1.22. The van der Waals surface area contributed by atoms with Crippen LogP contribution in [0.5, 0.6) is 0 Å². The number of carbonyl (C=O) groups excluding carboxylic acids is 2. The Morgan fingerprint density at radius 3 is 2.63 bits per heavy atom. The molecular weight excluding hydrogens is 436 g/mol. The molecule has 35 heavy (non-hydrogen) atoms. The SMILES string of the molecule is Cc1nccn1Cc1cccc(C(=O)N2CC[C@@]3(C)[C@@H]2CCCCC(=O)N3Cc2ccccc2)c1. The first-order valence-corrected chi connectivity index (χ1v) is 12.7. The molecule has 0 bridgehead atoms. The van der Waals surface area contributed by atoms with Crippen LogP contribution in [-0.4, -0.2) is 49.3 Å². The summed E-state index contributed by atoms with van der Waals surface area (Å²) in [4.78, 5) is 35.5. The van der Waals surface area contributed by atoms with Crippen LogP contribution >= 0.6 is 0 Å². The molecule has 0 spiro atoms. The minimum atomic E-state index is -0.367. The van der Waals surface area contributed by atoms with Crippen molar-refractivity contribution in [2.45, 2.75) is 70.6 Å². The van der Waals surface area contributed by atoms with Crippen molar-refractivity contribution < 1.29 is 9.59 Å². The number of carbonyl (C=O) groups is 2. The third-order valence-corrected chi connectivity index (χ3v) is 7.88. The fraction of sp³-hybridized carbons (Fsp3) is 0.414. The van der Waals surface area contributed by atoms with Crippen molar-refractivity contribution >= 4 is 11.8 Å².